The van der Waals surface area contributed by atoms with Crippen LogP contribution < -0.4 is 5.32 Å². The van der Waals surface area contributed by atoms with Crippen molar-refractivity contribution in [3.05, 3.63) is 23.3 Å². The first-order valence-corrected chi connectivity index (χ1v) is 16.3. The number of piperazine rings is 1. The molecule has 1 N–H and O–H groups in total. The molecule has 1 saturated heterocycles. The van der Waals surface area contributed by atoms with E-state index in [-0.39, 0.29) is 63.0 Å². The van der Waals surface area contributed by atoms with E-state index >= 15 is 0 Å². The number of fused-ring (bicyclic) bond motifs is 7. The number of Topliss-reactive ketones (excluding diaryl/α,β-unsaturated/α-hetero) is 1. The van der Waals surface area contributed by atoms with Crippen molar-refractivity contribution in [1.82, 2.24) is 10.2 Å². The Morgan fingerprint density at radius 1 is 1.02 bits per heavy atom. The first-order valence-electron chi connectivity index (χ1n) is 16.3. The summed E-state index contributed by atoms with van der Waals surface area (Å²) in [6, 6.07) is 2.18. The third kappa shape index (κ3) is 4.39. The van der Waals surface area contributed by atoms with Crippen molar-refractivity contribution in [2.24, 2.45) is 51.2 Å². The number of carbonyl (C=O) groups excluding carboxylic acids is 3. The number of hydrogen-bond acceptors (Lipinski definition) is 5. The molecule has 4 fully saturated rings. The van der Waals surface area contributed by atoms with Crippen LogP contribution in [0, 0.1) is 62.6 Å². The summed E-state index contributed by atoms with van der Waals surface area (Å²) in [6.45, 7) is 14.6. The smallest absolute Gasteiger partial charge is 0.222 e. The Balaban J connectivity index is 1.35. The van der Waals surface area contributed by atoms with Gasteiger partial charge in [0, 0.05) is 49.9 Å². The summed E-state index contributed by atoms with van der Waals surface area (Å²) in [7, 11) is 0. The Kier molecular flexibility index (Phi) is 6.96. The van der Waals surface area contributed by atoms with Crippen LogP contribution in [0.1, 0.15) is 92.4 Å². The molecule has 222 valence electrons. The second-order valence-corrected chi connectivity index (χ2v) is 15.8. The van der Waals surface area contributed by atoms with Crippen LogP contribution in [0.5, 0.6) is 0 Å². The predicted octanol–water partition coefficient (Wildman–Crippen LogP) is 5.64. The Morgan fingerprint density at radius 2 is 1.73 bits per heavy atom. The zero-order valence-electron chi connectivity index (χ0n) is 25.9. The highest BCUT2D eigenvalue weighted by molar-refractivity contribution is 6.02. The molecular formula is C35H49N3O3. The minimum Gasteiger partial charge on any atom is -0.340 e. The lowest BCUT2D eigenvalue weighted by Crippen LogP contribution is -2.59. The van der Waals surface area contributed by atoms with E-state index in [0.29, 0.717) is 12.3 Å². The second-order valence-electron chi connectivity index (χ2n) is 15.8. The molecule has 0 aromatic rings. The molecule has 5 aliphatic carbocycles. The van der Waals surface area contributed by atoms with Crippen molar-refractivity contribution in [2.75, 3.05) is 26.2 Å². The predicted molar refractivity (Wildman–Crippen MR) is 158 cm³/mol. The number of nitrogens with one attached hydrogen (secondary N) is 1. The van der Waals surface area contributed by atoms with Crippen molar-refractivity contribution < 1.29 is 14.4 Å². The van der Waals surface area contributed by atoms with Crippen molar-refractivity contribution in [1.29, 1.82) is 5.26 Å². The van der Waals surface area contributed by atoms with Gasteiger partial charge in [0.15, 0.2) is 11.6 Å². The first kappa shape index (κ1) is 28.8. The van der Waals surface area contributed by atoms with Gasteiger partial charge in [-0.2, -0.15) is 5.26 Å². The molecule has 8 unspecified atom stereocenters. The Bertz CT molecular complexity index is 1250. The van der Waals surface area contributed by atoms with Crippen LogP contribution in [0.4, 0.5) is 0 Å². The molecule has 0 spiro atoms. The van der Waals surface area contributed by atoms with Crippen LogP contribution in [0.15, 0.2) is 23.3 Å². The zero-order valence-corrected chi connectivity index (χ0v) is 25.9. The molecule has 6 rings (SSSR count). The standard InChI is InChI=1S/C35H49N3O3/c1-22-24-6-9-33(4)25-7-10-35(11-8-29(40)38-16-14-37-15-17-38)13-12-32(2,3)20-26(35)30(25)27(39)18-28(33)34(24,5)19-23(21-36)31(22)41/h18-19,22,24-26,30,37H,6-17,20H2,1-5H3. The minimum absolute atomic E-state index is 0.00595. The van der Waals surface area contributed by atoms with Gasteiger partial charge in [-0.25, -0.2) is 0 Å². The van der Waals surface area contributed by atoms with Gasteiger partial charge in [0.25, 0.3) is 0 Å². The van der Waals surface area contributed by atoms with Gasteiger partial charge in [0.1, 0.15) is 6.07 Å². The lowest BCUT2D eigenvalue weighted by molar-refractivity contribution is -0.149. The number of carbonyl (C=O) groups is 3. The number of allylic oxidation sites excluding steroid dienone is 4. The largest absolute Gasteiger partial charge is 0.340 e. The zero-order chi connectivity index (χ0) is 29.4. The van der Waals surface area contributed by atoms with Gasteiger partial charge >= 0.3 is 0 Å². The second kappa shape index (κ2) is 9.90. The maximum Gasteiger partial charge on any atom is 0.222 e. The van der Waals surface area contributed by atoms with E-state index in [0.717, 1.165) is 77.5 Å². The molecule has 0 radical (unpaired) electrons. The molecule has 41 heavy (non-hydrogen) atoms. The van der Waals surface area contributed by atoms with Crippen LogP contribution in [-0.2, 0) is 14.4 Å². The highest BCUT2D eigenvalue weighted by atomic mass is 16.2. The van der Waals surface area contributed by atoms with Crippen molar-refractivity contribution >= 4 is 17.5 Å². The SMILES string of the molecule is CC1C(=O)C(C#N)=CC2(C)C3=CC(=O)C4C5CC(C)(C)CCC5(CCC(=O)N5CCNCC5)CCC4C3(C)CCC12. The summed E-state index contributed by atoms with van der Waals surface area (Å²) in [6.07, 6.45) is 12.8. The highest BCUT2D eigenvalue weighted by Gasteiger charge is 2.64. The van der Waals surface area contributed by atoms with Crippen molar-refractivity contribution in [2.45, 2.75) is 92.4 Å². The van der Waals surface area contributed by atoms with E-state index in [2.05, 4.69) is 39.1 Å². The normalized spacial score (nSPS) is 43.4. The average molecular weight is 560 g/mol. The number of nitrogens with zero attached hydrogens (tertiary/aromatic N) is 2. The fourth-order valence-corrected chi connectivity index (χ4v) is 10.9. The van der Waals surface area contributed by atoms with Gasteiger partial charge in [-0.3, -0.25) is 14.4 Å². The lowest BCUT2D eigenvalue weighted by atomic mass is 9.39. The molecule has 6 heteroatoms. The van der Waals surface area contributed by atoms with E-state index in [1.165, 1.54) is 5.57 Å². The maximum atomic E-state index is 14.4. The molecule has 3 saturated carbocycles. The van der Waals surface area contributed by atoms with Crippen molar-refractivity contribution in [3.63, 3.8) is 0 Å². The van der Waals surface area contributed by atoms with Crippen LogP contribution >= 0.6 is 0 Å². The monoisotopic (exact) mass is 559 g/mol. The Morgan fingerprint density at radius 3 is 2.44 bits per heavy atom. The van der Waals surface area contributed by atoms with E-state index in [1.807, 2.05) is 24.0 Å². The molecule has 1 heterocycles. The topological polar surface area (TPSA) is 90.3 Å². The van der Waals surface area contributed by atoms with Gasteiger partial charge in [-0.05, 0) is 91.4 Å². The van der Waals surface area contributed by atoms with Gasteiger partial charge in [-0.15, -0.1) is 0 Å². The van der Waals surface area contributed by atoms with E-state index in [9.17, 15) is 19.6 Å². The summed E-state index contributed by atoms with van der Waals surface area (Å²) in [4.78, 5) is 42.7. The van der Waals surface area contributed by atoms with Crippen LogP contribution in [0.3, 0.4) is 0 Å². The molecule has 0 aromatic carbocycles. The molecule has 0 bridgehead atoms. The van der Waals surface area contributed by atoms with Crippen LogP contribution in [-0.4, -0.2) is 48.6 Å². The molecule has 1 aliphatic heterocycles. The molecule has 0 aromatic heterocycles. The first-order chi connectivity index (χ1) is 19.4. The van der Waals surface area contributed by atoms with E-state index < -0.39 is 5.41 Å². The van der Waals surface area contributed by atoms with Gasteiger partial charge in [-0.1, -0.05) is 46.3 Å². The van der Waals surface area contributed by atoms with Crippen LogP contribution in [0.25, 0.3) is 0 Å². The number of ketones is 2. The molecular weight excluding hydrogens is 510 g/mol. The number of hydrogen-bond donors (Lipinski definition) is 1. The number of rotatable bonds is 3. The quantitative estimate of drug-likeness (QED) is 0.484. The van der Waals surface area contributed by atoms with Gasteiger partial charge < -0.3 is 10.2 Å². The Hall–Kier alpha value is -2.26. The maximum absolute atomic E-state index is 14.4. The minimum atomic E-state index is -0.442. The van der Waals surface area contributed by atoms with Crippen molar-refractivity contribution in [3.8, 4) is 6.07 Å². The molecule has 1 amide bonds. The van der Waals surface area contributed by atoms with E-state index in [4.69, 9.17) is 0 Å². The third-order valence-corrected chi connectivity index (χ3v) is 13.2. The lowest BCUT2D eigenvalue weighted by Gasteiger charge is -2.64. The van der Waals surface area contributed by atoms with Gasteiger partial charge in [0.05, 0.1) is 5.57 Å². The fraction of sp³-hybridized carbons (Fsp3) is 0.771. The summed E-state index contributed by atoms with van der Waals surface area (Å²) in [5, 5.41) is 13.2. The molecule has 6 aliphatic rings. The van der Waals surface area contributed by atoms with E-state index in [1.54, 1.807) is 0 Å². The fourth-order valence-electron chi connectivity index (χ4n) is 10.9. The molecule has 8 atom stereocenters. The number of amides is 1. The van der Waals surface area contributed by atoms with Crippen LogP contribution in [0.2, 0.25) is 0 Å². The summed E-state index contributed by atoms with van der Waals surface area (Å²) < 4.78 is 0. The molecule has 6 nitrogen and oxygen atoms in total. The summed E-state index contributed by atoms with van der Waals surface area (Å²) in [5.41, 5.74) is 1.13. The number of nitriles is 1. The average Bonchev–Trinajstić information content (AvgIpc) is 2.95. The highest BCUT2D eigenvalue weighted by Crippen LogP contribution is 2.70. The summed E-state index contributed by atoms with van der Waals surface area (Å²) in [5.74, 6) is 0.993. The third-order valence-electron chi connectivity index (χ3n) is 13.2. The summed E-state index contributed by atoms with van der Waals surface area (Å²) >= 11 is 0. The van der Waals surface area contributed by atoms with Gasteiger partial charge in [0.2, 0.25) is 5.91 Å². The Labute approximate surface area is 246 Å².